The first kappa shape index (κ1) is 12.0. The zero-order valence-corrected chi connectivity index (χ0v) is 9.59. The summed E-state index contributed by atoms with van der Waals surface area (Å²) in [6.07, 6.45) is 2.16. The van der Waals surface area contributed by atoms with E-state index in [0.717, 1.165) is 25.9 Å². The molecule has 1 aromatic rings. The van der Waals surface area contributed by atoms with Gasteiger partial charge in [-0.1, -0.05) is 12.1 Å². The average Bonchev–Trinajstić information content (AvgIpc) is 2.38. The Morgan fingerprint density at radius 3 is 2.76 bits per heavy atom. The van der Waals surface area contributed by atoms with Crippen LogP contribution in [0.15, 0.2) is 24.3 Å². The number of nitro groups is 1. The standard InChI is InChI=1S/C12H16N2O3/c15-14(16)12-4-2-1-3-10(12)9-17-11-5-7-13-8-6-11/h1-4,11,13H,5-9H2. The van der Waals surface area contributed by atoms with Crippen LogP contribution in [0.4, 0.5) is 5.69 Å². The predicted molar refractivity (Wildman–Crippen MR) is 63.8 cm³/mol. The maximum absolute atomic E-state index is 10.8. The molecule has 17 heavy (non-hydrogen) atoms. The van der Waals surface area contributed by atoms with Crippen LogP contribution in [0.3, 0.4) is 0 Å². The van der Waals surface area contributed by atoms with Gasteiger partial charge < -0.3 is 10.1 Å². The molecule has 5 nitrogen and oxygen atoms in total. The van der Waals surface area contributed by atoms with E-state index in [-0.39, 0.29) is 16.7 Å². The summed E-state index contributed by atoms with van der Waals surface area (Å²) in [4.78, 5) is 10.5. The summed E-state index contributed by atoms with van der Waals surface area (Å²) in [5.41, 5.74) is 0.789. The molecule has 1 saturated heterocycles. The number of nitrogens with zero attached hydrogens (tertiary/aromatic N) is 1. The monoisotopic (exact) mass is 236 g/mol. The summed E-state index contributed by atoms with van der Waals surface area (Å²) in [5, 5.41) is 14.1. The molecule has 1 fully saturated rings. The van der Waals surface area contributed by atoms with E-state index >= 15 is 0 Å². The van der Waals surface area contributed by atoms with Gasteiger partial charge in [0.2, 0.25) is 0 Å². The van der Waals surface area contributed by atoms with E-state index in [1.807, 2.05) is 0 Å². The van der Waals surface area contributed by atoms with Crippen molar-refractivity contribution in [1.82, 2.24) is 5.32 Å². The van der Waals surface area contributed by atoms with E-state index in [2.05, 4.69) is 5.32 Å². The van der Waals surface area contributed by atoms with Gasteiger partial charge in [-0.15, -0.1) is 0 Å². The highest BCUT2D eigenvalue weighted by Crippen LogP contribution is 2.20. The quantitative estimate of drug-likeness (QED) is 0.640. The van der Waals surface area contributed by atoms with Gasteiger partial charge in [-0.25, -0.2) is 0 Å². The lowest BCUT2D eigenvalue weighted by molar-refractivity contribution is -0.386. The van der Waals surface area contributed by atoms with E-state index in [1.54, 1.807) is 18.2 Å². The fourth-order valence-electron chi connectivity index (χ4n) is 1.98. The molecule has 1 aliphatic heterocycles. The lowest BCUT2D eigenvalue weighted by Crippen LogP contribution is -2.32. The van der Waals surface area contributed by atoms with E-state index in [4.69, 9.17) is 4.74 Å². The van der Waals surface area contributed by atoms with Crippen molar-refractivity contribution in [3.63, 3.8) is 0 Å². The van der Waals surface area contributed by atoms with Crippen LogP contribution in [0.2, 0.25) is 0 Å². The van der Waals surface area contributed by atoms with Crippen LogP contribution < -0.4 is 5.32 Å². The highest BCUT2D eigenvalue weighted by atomic mass is 16.6. The third-order valence-corrected chi connectivity index (χ3v) is 2.95. The largest absolute Gasteiger partial charge is 0.373 e. The van der Waals surface area contributed by atoms with Crippen molar-refractivity contribution in [3.8, 4) is 0 Å². The summed E-state index contributed by atoms with van der Waals surface area (Å²) in [7, 11) is 0. The predicted octanol–water partition coefficient (Wildman–Crippen LogP) is 1.86. The lowest BCUT2D eigenvalue weighted by atomic mass is 10.1. The Hall–Kier alpha value is -1.46. The second-order valence-electron chi connectivity index (χ2n) is 4.15. The number of piperidine rings is 1. The SMILES string of the molecule is O=[N+]([O-])c1ccccc1COC1CCNCC1. The Balaban J connectivity index is 1.96. The van der Waals surface area contributed by atoms with Gasteiger partial charge in [-0.2, -0.15) is 0 Å². The van der Waals surface area contributed by atoms with Gasteiger partial charge in [0.15, 0.2) is 0 Å². The highest BCUT2D eigenvalue weighted by Gasteiger charge is 2.16. The molecule has 0 aromatic heterocycles. The molecular weight excluding hydrogens is 220 g/mol. The fraction of sp³-hybridized carbons (Fsp3) is 0.500. The van der Waals surface area contributed by atoms with Gasteiger partial charge in [-0.3, -0.25) is 10.1 Å². The highest BCUT2D eigenvalue weighted by molar-refractivity contribution is 5.39. The maximum atomic E-state index is 10.8. The van der Waals surface area contributed by atoms with E-state index in [0.29, 0.717) is 12.2 Å². The smallest absolute Gasteiger partial charge is 0.274 e. The van der Waals surface area contributed by atoms with Crippen molar-refractivity contribution in [2.24, 2.45) is 0 Å². The molecule has 92 valence electrons. The fourth-order valence-corrected chi connectivity index (χ4v) is 1.98. The molecule has 1 aliphatic rings. The molecule has 0 spiro atoms. The van der Waals surface area contributed by atoms with Crippen molar-refractivity contribution >= 4 is 5.69 Å². The van der Waals surface area contributed by atoms with Gasteiger partial charge >= 0.3 is 0 Å². The Bertz CT molecular complexity index is 389. The summed E-state index contributed by atoms with van der Waals surface area (Å²) in [6.45, 7) is 2.24. The lowest BCUT2D eigenvalue weighted by Gasteiger charge is -2.22. The Morgan fingerprint density at radius 1 is 1.35 bits per heavy atom. The molecule has 0 aliphatic carbocycles. The second-order valence-corrected chi connectivity index (χ2v) is 4.15. The number of nitrogens with one attached hydrogen (secondary N) is 1. The van der Waals surface area contributed by atoms with Crippen molar-refractivity contribution in [2.75, 3.05) is 13.1 Å². The van der Waals surface area contributed by atoms with E-state index < -0.39 is 0 Å². The average molecular weight is 236 g/mol. The van der Waals surface area contributed by atoms with Crippen molar-refractivity contribution < 1.29 is 9.66 Å². The molecule has 0 saturated carbocycles. The summed E-state index contributed by atoms with van der Waals surface area (Å²) in [6, 6.07) is 6.74. The number of hydrogen-bond acceptors (Lipinski definition) is 4. The Kier molecular flexibility index (Phi) is 4.06. The first-order valence-corrected chi connectivity index (χ1v) is 5.82. The van der Waals surface area contributed by atoms with Gasteiger partial charge in [0.05, 0.1) is 23.2 Å². The minimum absolute atomic E-state index is 0.140. The number of rotatable bonds is 4. The first-order valence-electron chi connectivity index (χ1n) is 5.82. The van der Waals surface area contributed by atoms with Crippen LogP contribution in [0.1, 0.15) is 18.4 Å². The molecule has 0 atom stereocenters. The number of benzene rings is 1. The first-order chi connectivity index (χ1) is 8.27. The number of para-hydroxylation sites is 1. The van der Waals surface area contributed by atoms with Crippen LogP contribution in [0.5, 0.6) is 0 Å². The van der Waals surface area contributed by atoms with Gasteiger partial charge in [0.25, 0.3) is 5.69 Å². The minimum Gasteiger partial charge on any atom is -0.373 e. The zero-order chi connectivity index (χ0) is 12.1. The summed E-state index contributed by atoms with van der Waals surface area (Å²) < 4.78 is 5.72. The molecular formula is C12H16N2O3. The van der Waals surface area contributed by atoms with Crippen LogP contribution >= 0.6 is 0 Å². The normalized spacial score (nSPS) is 16.9. The maximum Gasteiger partial charge on any atom is 0.274 e. The van der Waals surface area contributed by atoms with Crippen molar-refractivity contribution in [3.05, 3.63) is 39.9 Å². The van der Waals surface area contributed by atoms with Crippen molar-refractivity contribution in [1.29, 1.82) is 0 Å². The third kappa shape index (κ3) is 3.25. The molecule has 0 bridgehead atoms. The number of nitro benzene ring substituents is 1. The topological polar surface area (TPSA) is 64.4 Å². The van der Waals surface area contributed by atoms with Gasteiger partial charge in [0, 0.05) is 6.07 Å². The molecule has 5 heteroatoms. The van der Waals surface area contributed by atoms with Gasteiger partial charge in [0.1, 0.15) is 0 Å². The Labute approximate surface area is 99.9 Å². The van der Waals surface area contributed by atoms with Crippen LogP contribution in [-0.2, 0) is 11.3 Å². The van der Waals surface area contributed by atoms with Gasteiger partial charge in [-0.05, 0) is 32.0 Å². The molecule has 1 aromatic carbocycles. The third-order valence-electron chi connectivity index (χ3n) is 2.95. The molecule has 0 amide bonds. The molecule has 1 heterocycles. The summed E-state index contributed by atoms with van der Waals surface area (Å²) >= 11 is 0. The van der Waals surface area contributed by atoms with Crippen LogP contribution in [0, 0.1) is 10.1 Å². The van der Waals surface area contributed by atoms with Crippen molar-refractivity contribution in [2.45, 2.75) is 25.6 Å². The van der Waals surface area contributed by atoms with E-state index in [1.165, 1.54) is 6.07 Å². The number of hydrogen-bond donors (Lipinski definition) is 1. The Morgan fingerprint density at radius 2 is 2.06 bits per heavy atom. The molecule has 2 rings (SSSR count). The number of ether oxygens (including phenoxy) is 1. The van der Waals surface area contributed by atoms with Crippen LogP contribution in [0.25, 0.3) is 0 Å². The zero-order valence-electron chi connectivity index (χ0n) is 9.59. The molecule has 0 radical (unpaired) electrons. The summed E-state index contributed by atoms with van der Waals surface area (Å²) in [5.74, 6) is 0. The van der Waals surface area contributed by atoms with Crippen LogP contribution in [-0.4, -0.2) is 24.1 Å². The molecule has 1 N–H and O–H groups in total. The minimum atomic E-state index is -0.360. The molecule has 0 unspecified atom stereocenters. The second kappa shape index (κ2) is 5.75. The van der Waals surface area contributed by atoms with E-state index in [9.17, 15) is 10.1 Å².